The lowest BCUT2D eigenvalue weighted by atomic mass is 9.83. The van der Waals surface area contributed by atoms with Crippen molar-refractivity contribution in [3.63, 3.8) is 0 Å². The number of hydrogen-bond acceptors (Lipinski definition) is 10. The van der Waals surface area contributed by atoms with E-state index in [0.717, 1.165) is 36.8 Å². The van der Waals surface area contributed by atoms with Crippen LogP contribution in [0, 0.1) is 28.6 Å². The third kappa shape index (κ3) is 8.57. The molecule has 6 rings (SSSR count). The molecule has 3 aromatic rings. The summed E-state index contributed by atoms with van der Waals surface area (Å²) in [6.07, 6.45) is 5.19. The minimum absolute atomic E-state index is 0.0123. The Balaban J connectivity index is 1.38. The number of carbonyl (C=O) groups excluding carboxylic acids is 1. The van der Waals surface area contributed by atoms with Crippen molar-refractivity contribution in [2.45, 2.75) is 109 Å². The van der Waals surface area contributed by atoms with Gasteiger partial charge in [0.15, 0.2) is 8.32 Å². The summed E-state index contributed by atoms with van der Waals surface area (Å²) < 4.78 is 24.6. The van der Waals surface area contributed by atoms with Gasteiger partial charge in [-0.25, -0.2) is 14.8 Å². The summed E-state index contributed by atoms with van der Waals surface area (Å²) in [6.45, 7) is 21.2. The predicted octanol–water partition coefficient (Wildman–Crippen LogP) is 9.35. The molecule has 3 heterocycles. The summed E-state index contributed by atoms with van der Waals surface area (Å²) in [7, 11) is -2.17. The van der Waals surface area contributed by atoms with Gasteiger partial charge >= 0.3 is 6.09 Å². The van der Waals surface area contributed by atoms with Gasteiger partial charge in [-0.05, 0) is 118 Å². The topological polar surface area (TPSA) is 143 Å². The molecular weight excluding hydrogens is 697 g/mol. The fraction of sp³-hybridized carbons (Fsp3) is 0.548. The fourth-order valence-electron chi connectivity index (χ4n) is 6.73. The smallest absolute Gasteiger partial charge is 0.414 e. The van der Waals surface area contributed by atoms with Gasteiger partial charge in [0.2, 0.25) is 5.95 Å². The maximum Gasteiger partial charge on any atom is 0.414 e. The highest BCUT2D eigenvalue weighted by atomic mass is 28.4. The van der Waals surface area contributed by atoms with E-state index >= 15 is 0 Å². The number of anilines is 3. The molecule has 54 heavy (non-hydrogen) atoms. The number of rotatable bonds is 10. The molecule has 1 atom stereocenters. The lowest BCUT2D eigenvalue weighted by Crippen LogP contribution is -2.46. The molecule has 0 spiro atoms. The van der Waals surface area contributed by atoms with Crippen LogP contribution in [0.1, 0.15) is 102 Å². The zero-order chi connectivity index (χ0) is 39.1. The Morgan fingerprint density at radius 2 is 1.74 bits per heavy atom. The number of amides is 1. The van der Waals surface area contributed by atoms with Gasteiger partial charge in [0.1, 0.15) is 17.4 Å². The van der Waals surface area contributed by atoms with Gasteiger partial charge in [-0.2, -0.15) is 10.5 Å². The molecule has 2 aliphatic heterocycles. The molecule has 11 nitrogen and oxygen atoms in total. The van der Waals surface area contributed by atoms with Gasteiger partial charge in [0.05, 0.1) is 40.9 Å². The minimum atomic E-state index is -2.17. The first-order valence-corrected chi connectivity index (χ1v) is 21.9. The first-order valence-electron chi connectivity index (χ1n) is 19.0. The van der Waals surface area contributed by atoms with Crippen LogP contribution < -0.4 is 15.0 Å². The van der Waals surface area contributed by atoms with E-state index in [4.69, 9.17) is 23.6 Å². The van der Waals surface area contributed by atoms with E-state index in [1.165, 1.54) is 0 Å². The van der Waals surface area contributed by atoms with Crippen LogP contribution in [0.5, 0.6) is 5.75 Å². The molecule has 0 bridgehead atoms. The summed E-state index contributed by atoms with van der Waals surface area (Å²) in [5, 5.41) is 24.1. The average Bonchev–Trinajstić information content (AvgIpc) is 3.90. The van der Waals surface area contributed by atoms with E-state index < -0.39 is 25.4 Å². The maximum atomic E-state index is 13.7. The van der Waals surface area contributed by atoms with Crippen molar-refractivity contribution >= 4 is 31.7 Å². The van der Waals surface area contributed by atoms with Crippen molar-refractivity contribution in [2.24, 2.45) is 5.92 Å². The maximum absolute atomic E-state index is 13.7. The van der Waals surface area contributed by atoms with E-state index in [9.17, 15) is 15.3 Å². The second-order valence-corrected chi connectivity index (χ2v) is 22.6. The molecule has 2 aromatic carbocycles. The van der Waals surface area contributed by atoms with Crippen LogP contribution in [0.15, 0.2) is 36.5 Å². The summed E-state index contributed by atoms with van der Waals surface area (Å²) in [4.78, 5) is 24.7. The van der Waals surface area contributed by atoms with E-state index in [0.29, 0.717) is 84.3 Å². The first-order chi connectivity index (χ1) is 25.4. The monoisotopic (exact) mass is 750 g/mol. The van der Waals surface area contributed by atoms with E-state index in [1.54, 1.807) is 23.2 Å². The Morgan fingerprint density at radius 3 is 2.37 bits per heavy atom. The standard InChI is InChI=1S/C42H54N6O5Si/c1-40(2,3)53-39(49)48-25-42(7,26-52-54(8,9)41(4,5)6)33-19-29(18-31(23-44)37(33)48)34-12-15-45-38(46-34)47-35-20-30(22-43)32(28-13-16-50-17-14-28)21-36(35)51-24-27-10-11-27/h12,15,18-21,27-28H,10-11,13-14,16-17,24-26H2,1-9H3,(H,45,46,47). The number of nitrogens with one attached hydrogen (secondary N) is 1. The van der Waals surface area contributed by atoms with Crippen LogP contribution in [0.2, 0.25) is 18.1 Å². The zero-order valence-electron chi connectivity index (χ0n) is 33.3. The molecule has 12 heteroatoms. The molecule has 1 saturated carbocycles. The molecule has 1 aromatic heterocycles. The largest absolute Gasteiger partial charge is 0.491 e. The van der Waals surface area contributed by atoms with Crippen LogP contribution in [0.25, 0.3) is 11.3 Å². The highest BCUT2D eigenvalue weighted by Crippen LogP contribution is 2.47. The second kappa shape index (κ2) is 15.0. The number of ether oxygens (including phenoxy) is 3. The van der Waals surface area contributed by atoms with Crippen molar-refractivity contribution in [3.8, 4) is 29.1 Å². The van der Waals surface area contributed by atoms with Crippen LogP contribution >= 0.6 is 0 Å². The molecule has 3 aliphatic rings. The first kappa shape index (κ1) is 39.2. The third-order valence-corrected chi connectivity index (χ3v) is 15.6. The zero-order valence-corrected chi connectivity index (χ0v) is 34.3. The molecule has 0 radical (unpaired) electrons. The molecule has 1 unspecified atom stereocenters. The third-order valence-electron chi connectivity index (χ3n) is 11.1. The highest BCUT2D eigenvalue weighted by Gasteiger charge is 2.47. The Morgan fingerprint density at radius 1 is 1.04 bits per heavy atom. The normalized spacial score (nSPS) is 19.1. The van der Waals surface area contributed by atoms with Gasteiger partial charge in [-0.3, -0.25) is 4.90 Å². The van der Waals surface area contributed by atoms with Gasteiger partial charge in [-0.15, -0.1) is 0 Å². The quantitative estimate of drug-likeness (QED) is 0.199. The van der Waals surface area contributed by atoms with E-state index in [2.05, 4.69) is 63.2 Å². The second-order valence-electron chi connectivity index (χ2n) is 17.8. The lowest BCUT2D eigenvalue weighted by Gasteiger charge is -2.39. The number of nitrogens with zero attached hydrogens (tertiary/aromatic N) is 5. The van der Waals surface area contributed by atoms with Gasteiger partial charge in [-0.1, -0.05) is 27.7 Å². The van der Waals surface area contributed by atoms with Crippen molar-refractivity contribution in [1.82, 2.24) is 9.97 Å². The van der Waals surface area contributed by atoms with Crippen LogP contribution in [-0.2, 0) is 19.3 Å². The van der Waals surface area contributed by atoms with Gasteiger partial charge < -0.3 is 24.0 Å². The summed E-state index contributed by atoms with van der Waals surface area (Å²) >= 11 is 0. The molecular formula is C42H54N6O5Si. The SMILES string of the molecule is CC(C)(C)OC(=O)N1CC(C)(CO[Si](C)(C)C(C)(C)C)c2cc(-c3ccnc(Nc4cc(C#N)c(C5CCOCC5)cc4OCC4CC4)n3)cc(C#N)c21. The average molecular weight is 751 g/mol. The number of nitriles is 2. The van der Waals surface area contributed by atoms with E-state index in [-0.39, 0.29) is 11.0 Å². The van der Waals surface area contributed by atoms with Crippen molar-refractivity contribution in [3.05, 3.63) is 58.8 Å². The molecule has 286 valence electrons. The fourth-order valence-corrected chi connectivity index (χ4v) is 7.84. The Bertz CT molecular complexity index is 1980. The summed E-state index contributed by atoms with van der Waals surface area (Å²) in [5.41, 5.74) is 3.85. The molecule has 1 saturated heterocycles. The minimum Gasteiger partial charge on any atom is -0.491 e. The van der Waals surface area contributed by atoms with Crippen LogP contribution in [0.4, 0.5) is 22.1 Å². The van der Waals surface area contributed by atoms with Gasteiger partial charge in [0.25, 0.3) is 0 Å². The van der Waals surface area contributed by atoms with Crippen molar-refractivity contribution in [2.75, 3.05) is 43.2 Å². The summed E-state index contributed by atoms with van der Waals surface area (Å²) in [5.74, 6) is 1.76. The van der Waals surface area contributed by atoms with Crippen molar-refractivity contribution < 1.29 is 23.4 Å². The molecule has 1 amide bonds. The predicted molar refractivity (Wildman–Crippen MR) is 212 cm³/mol. The van der Waals surface area contributed by atoms with Gasteiger partial charge in [0, 0.05) is 43.5 Å². The molecule has 2 fully saturated rings. The van der Waals surface area contributed by atoms with Crippen LogP contribution in [-0.4, -0.2) is 63.0 Å². The number of fused-ring (bicyclic) bond motifs is 1. The molecule has 1 N–H and O–H groups in total. The van der Waals surface area contributed by atoms with E-state index in [1.807, 2.05) is 39.0 Å². The Kier molecular flexibility index (Phi) is 10.9. The number of benzene rings is 2. The number of aromatic nitrogens is 2. The number of carbonyl (C=O) groups is 1. The number of hydrogen-bond donors (Lipinski definition) is 1. The highest BCUT2D eigenvalue weighted by molar-refractivity contribution is 6.74. The lowest BCUT2D eigenvalue weighted by molar-refractivity contribution is 0.0575. The Labute approximate surface area is 321 Å². The van der Waals surface area contributed by atoms with Crippen LogP contribution in [0.3, 0.4) is 0 Å². The Hall–Kier alpha value is -4.49. The summed E-state index contributed by atoms with van der Waals surface area (Å²) in [6, 6.07) is 14.2. The molecule has 1 aliphatic carbocycles. The van der Waals surface area contributed by atoms with Crippen molar-refractivity contribution in [1.29, 1.82) is 10.5 Å².